The molecule has 1 saturated carbocycles. The summed E-state index contributed by atoms with van der Waals surface area (Å²) in [5, 5.41) is 10.3. The van der Waals surface area contributed by atoms with Crippen LogP contribution in [0.15, 0.2) is 0 Å². The van der Waals surface area contributed by atoms with Crippen molar-refractivity contribution < 1.29 is 9.84 Å². The van der Waals surface area contributed by atoms with Crippen LogP contribution in [0.25, 0.3) is 0 Å². The zero-order chi connectivity index (χ0) is 11.3. The van der Waals surface area contributed by atoms with Crippen molar-refractivity contribution in [2.24, 2.45) is 5.92 Å². The molecule has 1 unspecified atom stereocenters. The molecule has 1 atom stereocenters. The van der Waals surface area contributed by atoms with Gasteiger partial charge in [-0.3, -0.25) is 0 Å². The smallest absolute Gasteiger partial charge is 0.0936 e. The van der Waals surface area contributed by atoms with Gasteiger partial charge in [-0.25, -0.2) is 0 Å². The zero-order valence-corrected chi connectivity index (χ0v) is 10.5. The van der Waals surface area contributed by atoms with E-state index in [2.05, 4.69) is 13.8 Å². The minimum Gasteiger partial charge on any atom is -0.390 e. The summed E-state index contributed by atoms with van der Waals surface area (Å²) in [4.78, 5) is 0. The molecule has 0 aromatic heterocycles. The van der Waals surface area contributed by atoms with Crippen LogP contribution in [0.1, 0.15) is 58.8 Å². The molecule has 2 heteroatoms. The molecule has 0 aromatic carbocycles. The van der Waals surface area contributed by atoms with E-state index < -0.39 is 0 Å². The first-order valence-corrected chi connectivity index (χ1v) is 6.34. The van der Waals surface area contributed by atoms with Crippen LogP contribution in [0.5, 0.6) is 0 Å². The quantitative estimate of drug-likeness (QED) is 0.729. The number of aliphatic hydroxyl groups excluding tert-OH is 1. The van der Waals surface area contributed by atoms with Gasteiger partial charge in [0.1, 0.15) is 0 Å². The fraction of sp³-hybridized carbons (Fsp3) is 1.00. The topological polar surface area (TPSA) is 29.5 Å². The van der Waals surface area contributed by atoms with Gasteiger partial charge in [-0.2, -0.15) is 0 Å². The summed E-state index contributed by atoms with van der Waals surface area (Å²) in [6.07, 6.45) is 7.59. The Labute approximate surface area is 94.0 Å². The summed E-state index contributed by atoms with van der Waals surface area (Å²) in [6, 6.07) is 0. The van der Waals surface area contributed by atoms with Crippen molar-refractivity contribution in [1.82, 2.24) is 0 Å². The van der Waals surface area contributed by atoms with Crippen LogP contribution < -0.4 is 0 Å². The Morgan fingerprint density at radius 1 is 1.13 bits per heavy atom. The highest BCUT2D eigenvalue weighted by atomic mass is 16.5. The first kappa shape index (κ1) is 13.0. The lowest BCUT2D eigenvalue weighted by Crippen LogP contribution is -2.44. The molecule has 1 aliphatic rings. The molecule has 0 heterocycles. The Kier molecular flexibility index (Phi) is 5.07. The van der Waals surface area contributed by atoms with Crippen LogP contribution in [-0.2, 0) is 4.74 Å². The normalized spacial score (nSPS) is 23.8. The Hall–Kier alpha value is -0.0800. The third-order valence-electron chi connectivity index (χ3n) is 3.66. The summed E-state index contributed by atoms with van der Waals surface area (Å²) in [7, 11) is 1.76. The molecule has 0 aromatic rings. The third kappa shape index (κ3) is 3.46. The van der Waals surface area contributed by atoms with Gasteiger partial charge in [0.15, 0.2) is 0 Å². The molecule has 90 valence electrons. The summed E-state index contributed by atoms with van der Waals surface area (Å²) in [5.41, 5.74) is -0.249. The van der Waals surface area contributed by atoms with Crippen LogP contribution in [-0.4, -0.2) is 23.9 Å². The summed E-state index contributed by atoms with van der Waals surface area (Å²) in [6.45, 7) is 4.31. The second-order valence-corrected chi connectivity index (χ2v) is 5.33. The first-order valence-electron chi connectivity index (χ1n) is 6.34. The van der Waals surface area contributed by atoms with Crippen LogP contribution in [0.4, 0.5) is 0 Å². The maximum Gasteiger partial charge on any atom is 0.0936 e. The summed E-state index contributed by atoms with van der Waals surface area (Å²) in [5.74, 6) is 0.537. The van der Waals surface area contributed by atoms with Crippen molar-refractivity contribution >= 4 is 0 Å². The molecule has 1 aliphatic carbocycles. The SMILES string of the molecule is COC1(C(O)CC(C)C)CCCCCC1. The van der Waals surface area contributed by atoms with Gasteiger partial charge in [0.25, 0.3) is 0 Å². The van der Waals surface area contributed by atoms with Crippen LogP contribution in [0.3, 0.4) is 0 Å². The van der Waals surface area contributed by atoms with Crippen LogP contribution in [0.2, 0.25) is 0 Å². The maximum absolute atomic E-state index is 10.3. The highest BCUT2D eigenvalue weighted by molar-refractivity contribution is 4.90. The van der Waals surface area contributed by atoms with E-state index in [4.69, 9.17) is 4.74 Å². The average Bonchev–Trinajstić information content (AvgIpc) is 2.42. The summed E-state index contributed by atoms with van der Waals surface area (Å²) >= 11 is 0. The molecule has 2 nitrogen and oxygen atoms in total. The highest BCUT2D eigenvalue weighted by Gasteiger charge is 2.38. The minimum absolute atomic E-state index is 0.249. The number of aliphatic hydroxyl groups is 1. The molecular formula is C13H26O2. The Bertz CT molecular complexity index is 169. The fourth-order valence-corrected chi connectivity index (χ4v) is 2.66. The van der Waals surface area contributed by atoms with E-state index in [9.17, 15) is 5.11 Å². The van der Waals surface area contributed by atoms with E-state index in [1.165, 1.54) is 25.7 Å². The third-order valence-corrected chi connectivity index (χ3v) is 3.66. The van der Waals surface area contributed by atoms with E-state index in [1.54, 1.807) is 7.11 Å². The maximum atomic E-state index is 10.3. The molecule has 1 rings (SSSR count). The van der Waals surface area contributed by atoms with E-state index in [0.717, 1.165) is 19.3 Å². The van der Waals surface area contributed by atoms with Crippen LogP contribution in [0, 0.1) is 5.92 Å². The van der Waals surface area contributed by atoms with Gasteiger partial charge in [-0.15, -0.1) is 0 Å². The second kappa shape index (κ2) is 5.86. The largest absolute Gasteiger partial charge is 0.390 e. The lowest BCUT2D eigenvalue weighted by Gasteiger charge is -2.37. The molecule has 0 spiro atoms. The Morgan fingerprint density at radius 3 is 2.07 bits per heavy atom. The predicted octanol–water partition coefficient (Wildman–Crippen LogP) is 3.13. The van der Waals surface area contributed by atoms with Crippen molar-refractivity contribution in [2.45, 2.75) is 70.5 Å². The zero-order valence-electron chi connectivity index (χ0n) is 10.5. The van der Waals surface area contributed by atoms with E-state index in [-0.39, 0.29) is 11.7 Å². The van der Waals surface area contributed by atoms with Gasteiger partial charge in [-0.05, 0) is 25.2 Å². The molecule has 1 N–H and O–H groups in total. The molecule has 0 amide bonds. The molecule has 1 fully saturated rings. The Balaban J connectivity index is 2.63. The summed E-state index contributed by atoms with van der Waals surface area (Å²) < 4.78 is 5.67. The molecule has 15 heavy (non-hydrogen) atoms. The molecule has 0 bridgehead atoms. The number of methoxy groups -OCH3 is 1. The van der Waals surface area contributed by atoms with E-state index in [1.807, 2.05) is 0 Å². The van der Waals surface area contributed by atoms with Crippen LogP contribution >= 0.6 is 0 Å². The van der Waals surface area contributed by atoms with Crippen molar-refractivity contribution in [2.75, 3.05) is 7.11 Å². The standard InChI is InChI=1S/C13H26O2/c1-11(2)10-12(14)13(15-3)8-6-4-5-7-9-13/h11-12,14H,4-10H2,1-3H3. The van der Waals surface area contributed by atoms with E-state index in [0.29, 0.717) is 5.92 Å². The predicted molar refractivity (Wildman–Crippen MR) is 62.9 cm³/mol. The molecule has 0 radical (unpaired) electrons. The van der Waals surface area contributed by atoms with Gasteiger partial charge in [0.2, 0.25) is 0 Å². The number of hydrogen-bond acceptors (Lipinski definition) is 2. The monoisotopic (exact) mass is 214 g/mol. The molecular weight excluding hydrogens is 188 g/mol. The lowest BCUT2D eigenvalue weighted by atomic mass is 9.84. The molecule has 0 aliphatic heterocycles. The van der Waals surface area contributed by atoms with Gasteiger partial charge in [0, 0.05) is 7.11 Å². The first-order chi connectivity index (χ1) is 7.10. The average molecular weight is 214 g/mol. The van der Waals surface area contributed by atoms with Gasteiger partial charge in [-0.1, -0.05) is 39.5 Å². The van der Waals surface area contributed by atoms with Crippen molar-refractivity contribution in [3.63, 3.8) is 0 Å². The lowest BCUT2D eigenvalue weighted by molar-refractivity contribution is -0.117. The fourth-order valence-electron chi connectivity index (χ4n) is 2.66. The van der Waals surface area contributed by atoms with E-state index >= 15 is 0 Å². The number of ether oxygens (including phenoxy) is 1. The van der Waals surface area contributed by atoms with Crippen molar-refractivity contribution in [1.29, 1.82) is 0 Å². The Morgan fingerprint density at radius 2 is 1.67 bits per heavy atom. The van der Waals surface area contributed by atoms with Crippen molar-refractivity contribution in [3.8, 4) is 0 Å². The number of rotatable bonds is 4. The minimum atomic E-state index is -0.291. The van der Waals surface area contributed by atoms with Crippen molar-refractivity contribution in [3.05, 3.63) is 0 Å². The molecule has 0 saturated heterocycles. The van der Waals surface area contributed by atoms with Gasteiger partial charge < -0.3 is 9.84 Å². The second-order valence-electron chi connectivity index (χ2n) is 5.33. The van der Waals surface area contributed by atoms with Gasteiger partial charge in [0.05, 0.1) is 11.7 Å². The number of hydrogen-bond donors (Lipinski definition) is 1. The van der Waals surface area contributed by atoms with Gasteiger partial charge >= 0.3 is 0 Å². The highest BCUT2D eigenvalue weighted by Crippen LogP contribution is 2.35.